The molecule has 6 heteroatoms. The summed E-state index contributed by atoms with van der Waals surface area (Å²) >= 11 is 0. The van der Waals surface area contributed by atoms with Crippen molar-refractivity contribution in [2.75, 3.05) is 59.7 Å². The Kier molecular flexibility index (Phi) is 5.22. The molecule has 0 aromatic heterocycles. The predicted octanol–water partition coefficient (Wildman–Crippen LogP) is -0.251. The van der Waals surface area contributed by atoms with Crippen molar-refractivity contribution in [1.82, 2.24) is 15.1 Å². The summed E-state index contributed by atoms with van der Waals surface area (Å²) in [5, 5.41) is 3.33. The smallest absolute Gasteiger partial charge is 0.320 e. The third-order valence-electron chi connectivity index (χ3n) is 3.45. The maximum Gasteiger partial charge on any atom is 0.320 e. The van der Waals surface area contributed by atoms with Crippen LogP contribution in [0.4, 0.5) is 4.79 Å². The van der Waals surface area contributed by atoms with E-state index in [9.17, 15) is 4.79 Å². The lowest BCUT2D eigenvalue weighted by Gasteiger charge is -2.28. The number of amides is 2. The normalized spacial score (nSPS) is 23.6. The number of hydrogen-bond donors (Lipinski definition) is 1. The van der Waals surface area contributed by atoms with E-state index in [0.717, 1.165) is 39.1 Å². The molecule has 2 aliphatic heterocycles. The first-order valence-electron chi connectivity index (χ1n) is 6.66. The van der Waals surface area contributed by atoms with Crippen molar-refractivity contribution in [3.05, 3.63) is 0 Å². The zero-order valence-electron chi connectivity index (χ0n) is 11.1. The summed E-state index contributed by atoms with van der Waals surface area (Å²) in [6.45, 7) is 6.26. The van der Waals surface area contributed by atoms with Gasteiger partial charge < -0.3 is 24.6 Å². The fourth-order valence-corrected chi connectivity index (χ4v) is 2.48. The Morgan fingerprint density at radius 1 is 1.39 bits per heavy atom. The molecule has 0 radical (unpaired) electrons. The molecule has 2 fully saturated rings. The first-order chi connectivity index (χ1) is 8.83. The second kappa shape index (κ2) is 6.92. The van der Waals surface area contributed by atoms with Crippen molar-refractivity contribution < 1.29 is 14.3 Å². The molecule has 1 N–H and O–H groups in total. The van der Waals surface area contributed by atoms with Crippen LogP contribution >= 0.6 is 0 Å². The van der Waals surface area contributed by atoms with E-state index >= 15 is 0 Å². The Hall–Kier alpha value is -0.850. The highest BCUT2D eigenvalue weighted by Crippen LogP contribution is 2.17. The molecule has 2 rings (SSSR count). The molecule has 0 bridgehead atoms. The summed E-state index contributed by atoms with van der Waals surface area (Å²) in [6.07, 6.45) is 0.892. The van der Waals surface area contributed by atoms with Gasteiger partial charge in [-0.2, -0.15) is 0 Å². The molecule has 0 aliphatic carbocycles. The number of methoxy groups -OCH3 is 1. The van der Waals surface area contributed by atoms with Crippen LogP contribution in [-0.2, 0) is 9.47 Å². The number of carbonyl (C=O) groups is 1. The van der Waals surface area contributed by atoms with Crippen molar-refractivity contribution in [1.29, 1.82) is 0 Å². The minimum absolute atomic E-state index is 0.193. The number of hydrogen-bond acceptors (Lipinski definition) is 4. The number of nitrogens with one attached hydrogen (secondary N) is 1. The van der Waals surface area contributed by atoms with Crippen LogP contribution in [0.25, 0.3) is 0 Å². The van der Waals surface area contributed by atoms with Crippen molar-refractivity contribution in [3.63, 3.8) is 0 Å². The fourth-order valence-electron chi connectivity index (χ4n) is 2.48. The topological polar surface area (TPSA) is 54.0 Å². The zero-order chi connectivity index (χ0) is 12.8. The summed E-state index contributed by atoms with van der Waals surface area (Å²) < 4.78 is 10.3. The number of fused-ring (bicyclic) bond motifs is 1. The van der Waals surface area contributed by atoms with Gasteiger partial charge in [-0.25, -0.2) is 4.79 Å². The van der Waals surface area contributed by atoms with Gasteiger partial charge in [-0.05, 0) is 6.42 Å². The minimum atomic E-state index is 0.193. The third-order valence-corrected chi connectivity index (χ3v) is 3.45. The van der Waals surface area contributed by atoms with Gasteiger partial charge in [0.2, 0.25) is 0 Å². The van der Waals surface area contributed by atoms with Crippen LogP contribution in [-0.4, -0.2) is 81.5 Å². The zero-order valence-corrected chi connectivity index (χ0v) is 11.1. The molecule has 2 heterocycles. The van der Waals surface area contributed by atoms with E-state index in [0.29, 0.717) is 25.9 Å². The average molecular weight is 257 g/mol. The number of carbonyl (C=O) groups excluding carboxylic acids is 1. The van der Waals surface area contributed by atoms with Crippen molar-refractivity contribution in [2.24, 2.45) is 0 Å². The molecule has 2 saturated heterocycles. The number of rotatable bonds is 7. The minimum Gasteiger partial charge on any atom is -0.382 e. The maximum atomic E-state index is 12.1. The Bertz CT molecular complexity index is 275. The summed E-state index contributed by atoms with van der Waals surface area (Å²) in [5.74, 6) is 0. The molecule has 104 valence electrons. The Morgan fingerprint density at radius 3 is 3.06 bits per heavy atom. The van der Waals surface area contributed by atoms with E-state index in [2.05, 4.69) is 5.32 Å². The van der Waals surface area contributed by atoms with Gasteiger partial charge in [0, 0.05) is 46.4 Å². The Morgan fingerprint density at radius 2 is 2.28 bits per heavy atom. The lowest BCUT2D eigenvalue weighted by atomic mass is 10.2. The van der Waals surface area contributed by atoms with E-state index in [1.165, 1.54) is 0 Å². The van der Waals surface area contributed by atoms with Gasteiger partial charge in [0.05, 0.1) is 19.3 Å². The Labute approximate surface area is 108 Å². The van der Waals surface area contributed by atoms with Crippen LogP contribution in [0, 0.1) is 0 Å². The second-order valence-corrected chi connectivity index (χ2v) is 4.74. The molecule has 6 nitrogen and oxygen atoms in total. The molecule has 0 spiro atoms. The maximum absolute atomic E-state index is 12.1. The second-order valence-electron chi connectivity index (χ2n) is 4.74. The van der Waals surface area contributed by atoms with Crippen LogP contribution in [0.1, 0.15) is 6.42 Å². The molecule has 0 saturated carbocycles. The summed E-state index contributed by atoms with van der Waals surface area (Å²) in [7, 11) is 1.66. The van der Waals surface area contributed by atoms with E-state index in [1.54, 1.807) is 7.11 Å². The molecular formula is C12H23N3O3. The SMILES string of the molecule is COCCOCCCN1CC2CNCCN2C1=O. The summed E-state index contributed by atoms with van der Waals surface area (Å²) in [6, 6.07) is 0.555. The highest BCUT2D eigenvalue weighted by Gasteiger charge is 2.37. The molecular weight excluding hydrogens is 234 g/mol. The van der Waals surface area contributed by atoms with E-state index in [1.807, 2.05) is 9.80 Å². The van der Waals surface area contributed by atoms with E-state index in [4.69, 9.17) is 9.47 Å². The highest BCUT2D eigenvalue weighted by atomic mass is 16.5. The fraction of sp³-hybridized carbons (Fsp3) is 0.917. The number of nitrogens with zero attached hydrogens (tertiary/aromatic N) is 2. The van der Waals surface area contributed by atoms with Gasteiger partial charge in [0.1, 0.15) is 0 Å². The van der Waals surface area contributed by atoms with Crippen LogP contribution in [0.3, 0.4) is 0 Å². The van der Waals surface area contributed by atoms with Crippen molar-refractivity contribution in [2.45, 2.75) is 12.5 Å². The number of ether oxygens (including phenoxy) is 2. The lowest BCUT2D eigenvalue weighted by Crippen LogP contribution is -2.49. The first kappa shape index (κ1) is 13.6. The van der Waals surface area contributed by atoms with Crippen LogP contribution in [0.15, 0.2) is 0 Å². The monoisotopic (exact) mass is 257 g/mol. The summed E-state index contributed by atoms with van der Waals surface area (Å²) in [5.41, 5.74) is 0. The van der Waals surface area contributed by atoms with Gasteiger partial charge in [-0.15, -0.1) is 0 Å². The molecule has 18 heavy (non-hydrogen) atoms. The molecule has 1 unspecified atom stereocenters. The van der Waals surface area contributed by atoms with Gasteiger partial charge in [-0.1, -0.05) is 0 Å². The Balaban J connectivity index is 1.63. The quantitative estimate of drug-likeness (QED) is 0.639. The third kappa shape index (κ3) is 3.34. The van der Waals surface area contributed by atoms with Crippen LogP contribution < -0.4 is 5.32 Å². The lowest BCUT2D eigenvalue weighted by molar-refractivity contribution is 0.0670. The predicted molar refractivity (Wildman–Crippen MR) is 67.6 cm³/mol. The molecule has 2 amide bonds. The molecule has 0 aromatic rings. The standard InChI is InChI=1S/C12H23N3O3/c1-17-7-8-18-6-2-4-14-10-11-9-13-3-5-15(11)12(14)16/h11,13H,2-10H2,1H3. The van der Waals surface area contributed by atoms with Gasteiger partial charge in [0.15, 0.2) is 0 Å². The average Bonchev–Trinajstić information content (AvgIpc) is 2.71. The highest BCUT2D eigenvalue weighted by molar-refractivity contribution is 5.77. The van der Waals surface area contributed by atoms with Crippen LogP contribution in [0.2, 0.25) is 0 Å². The first-order valence-corrected chi connectivity index (χ1v) is 6.66. The van der Waals surface area contributed by atoms with Crippen molar-refractivity contribution >= 4 is 6.03 Å². The van der Waals surface area contributed by atoms with Gasteiger partial charge in [0.25, 0.3) is 0 Å². The van der Waals surface area contributed by atoms with E-state index in [-0.39, 0.29) is 6.03 Å². The molecule has 2 aliphatic rings. The van der Waals surface area contributed by atoms with Crippen molar-refractivity contribution in [3.8, 4) is 0 Å². The number of piperazine rings is 1. The van der Waals surface area contributed by atoms with Gasteiger partial charge >= 0.3 is 6.03 Å². The number of urea groups is 1. The van der Waals surface area contributed by atoms with E-state index < -0.39 is 0 Å². The van der Waals surface area contributed by atoms with Gasteiger partial charge in [-0.3, -0.25) is 0 Å². The molecule has 1 atom stereocenters. The summed E-state index contributed by atoms with van der Waals surface area (Å²) in [4.78, 5) is 16.0. The molecule has 0 aromatic carbocycles. The van der Waals surface area contributed by atoms with Crippen LogP contribution in [0.5, 0.6) is 0 Å². The largest absolute Gasteiger partial charge is 0.382 e.